The van der Waals surface area contributed by atoms with Crippen molar-refractivity contribution in [3.05, 3.63) is 12.4 Å². The lowest BCUT2D eigenvalue weighted by Gasteiger charge is -2.34. The van der Waals surface area contributed by atoms with Crippen molar-refractivity contribution in [2.45, 2.75) is 45.2 Å². The Kier molecular flexibility index (Phi) is 3.49. The first-order valence-corrected chi connectivity index (χ1v) is 6.10. The highest BCUT2D eigenvalue weighted by molar-refractivity contribution is 5.30. The maximum Gasteiger partial charge on any atom is 0.203 e. The molecule has 0 saturated carbocycles. The molecule has 1 aliphatic heterocycles. The van der Waals surface area contributed by atoms with E-state index in [1.54, 1.807) is 0 Å². The molecule has 4 nitrogen and oxygen atoms in total. The number of aryl methyl sites for hydroxylation is 1. The molecular weight excluding hydrogens is 202 g/mol. The molecule has 0 unspecified atom stereocenters. The zero-order valence-corrected chi connectivity index (χ0v) is 10.2. The van der Waals surface area contributed by atoms with E-state index in [0.29, 0.717) is 0 Å². The van der Waals surface area contributed by atoms with Crippen molar-refractivity contribution in [3.63, 3.8) is 0 Å². The molecule has 0 aromatic carbocycles. The number of nitrogens with one attached hydrogen (secondary N) is 1. The van der Waals surface area contributed by atoms with E-state index in [-0.39, 0.29) is 5.54 Å². The number of hydrogen-bond donors (Lipinski definition) is 1. The molecule has 0 atom stereocenters. The Morgan fingerprint density at radius 2 is 2.25 bits per heavy atom. The van der Waals surface area contributed by atoms with E-state index in [0.717, 1.165) is 45.0 Å². The fourth-order valence-corrected chi connectivity index (χ4v) is 2.07. The van der Waals surface area contributed by atoms with Gasteiger partial charge in [-0.1, -0.05) is 6.92 Å². The summed E-state index contributed by atoms with van der Waals surface area (Å²) >= 11 is 0. The molecule has 1 aromatic heterocycles. The second-order valence-corrected chi connectivity index (χ2v) is 4.74. The highest BCUT2D eigenvalue weighted by Gasteiger charge is 2.28. The van der Waals surface area contributed by atoms with Gasteiger partial charge >= 0.3 is 0 Å². The Morgan fingerprint density at radius 1 is 1.50 bits per heavy atom. The van der Waals surface area contributed by atoms with Gasteiger partial charge in [0, 0.05) is 37.7 Å². The average Bonchev–Trinajstić information content (AvgIpc) is 2.67. The Morgan fingerprint density at radius 3 is 2.94 bits per heavy atom. The minimum Gasteiger partial charge on any atom is -0.381 e. The molecule has 1 fully saturated rings. The summed E-state index contributed by atoms with van der Waals surface area (Å²) in [4.78, 5) is 4.39. The Bertz CT molecular complexity index is 329. The van der Waals surface area contributed by atoms with Crippen molar-refractivity contribution in [2.24, 2.45) is 0 Å². The monoisotopic (exact) mass is 223 g/mol. The predicted molar refractivity (Wildman–Crippen MR) is 64.6 cm³/mol. The topological polar surface area (TPSA) is 39.1 Å². The number of nitrogens with zero attached hydrogens (tertiary/aromatic N) is 2. The first-order valence-electron chi connectivity index (χ1n) is 6.10. The molecule has 0 amide bonds. The zero-order valence-electron chi connectivity index (χ0n) is 10.2. The molecule has 16 heavy (non-hydrogen) atoms. The lowest BCUT2D eigenvalue weighted by Crippen LogP contribution is -2.41. The summed E-state index contributed by atoms with van der Waals surface area (Å²) in [7, 11) is 0. The molecule has 2 heterocycles. The van der Waals surface area contributed by atoms with E-state index in [1.165, 1.54) is 0 Å². The van der Waals surface area contributed by atoms with Crippen molar-refractivity contribution in [1.82, 2.24) is 9.55 Å². The minimum absolute atomic E-state index is 0.134. The largest absolute Gasteiger partial charge is 0.381 e. The molecule has 0 bridgehead atoms. The summed E-state index contributed by atoms with van der Waals surface area (Å²) in [5.74, 6) is 0.992. The number of imidazole rings is 1. The van der Waals surface area contributed by atoms with Crippen LogP contribution in [-0.4, -0.2) is 28.3 Å². The SMILES string of the molecule is CCCn1ccnc1NC1(C)CCOCC1. The fourth-order valence-electron chi connectivity index (χ4n) is 2.07. The van der Waals surface area contributed by atoms with Crippen LogP contribution in [0.3, 0.4) is 0 Å². The molecule has 1 aliphatic rings. The van der Waals surface area contributed by atoms with Gasteiger partial charge in [-0.25, -0.2) is 4.98 Å². The number of ether oxygens (including phenoxy) is 1. The van der Waals surface area contributed by atoms with Gasteiger partial charge in [0.15, 0.2) is 0 Å². The van der Waals surface area contributed by atoms with Gasteiger partial charge in [-0.2, -0.15) is 0 Å². The van der Waals surface area contributed by atoms with E-state index in [9.17, 15) is 0 Å². The van der Waals surface area contributed by atoms with Gasteiger partial charge in [-0.05, 0) is 26.2 Å². The van der Waals surface area contributed by atoms with Gasteiger partial charge in [0.05, 0.1) is 0 Å². The van der Waals surface area contributed by atoms with Gasteiger partial charge in [0.25, 0.3) is 0 Å². The number of aromatic nitrogens is 2. The number of anilines is 1. The van der Waals surface area contributed by atoms with E-state index >= 15 is 0 Å². The lowest BCUT2D eigenvalue weighted by atomic mass is 9.93. The summed E-state index contributed by atoms with van der Waals surface area (Å²) in [6.45, 7) is 7.14. The Hall–Kier alpha value is -1.03. The van der Waals surface area contributed by atoms with Crippen LogP contribution >= 0.6 is 0 Å². The van der Waals surface area contributed by atoms with Crippen LogP contribution in [0.25, 0.3) is 0 Å². The number of hydrogen-bond acceptors (Lipinski definition) is 3. The van der Waals surface area contributed by atoms with Gasteiger partial charge in [0.1, 0.15) is 0 Å². The predicted octanol–water partition coefficient (Wildman–Crippen LogP) is 2.27. The molecular formula is C12H21N3O. The van der Waals surface area contributed by atoms with E-state index < -0.39 is 0 Å². The molecule has 1 aromatic rings. The molecule has 1 saturated heterocycles. The van der Waals surface area contributed by atoms with Crippen LogP contribution in [-0.2, 0) is 11.3 Å². The quantitative estimate of drug-likeness (QED) is 0.851. The third-order valence-corrected chi connectivity index (χ3v) is 3.19. The van der Waals surface area contributed by atoms with Gasteiger partial charge < -0.3 is 14.6 Å². The highest BCUT2D eigenvalue weighted by Crippen LogP contribution is 2.24. The van der Waals surface area contributed by atoms with Crippen molar-refractivity contribution >= 4 is 5.95 Å². The van der Waals surface area contributed by atoms with Gasteiger partial charge in [-0.15, -0.1) is 0 Å². The van der Waals surface area contributed by atoms with E-state index in [1.807, 2.05) is 12.4 Å². The highest BCUT2D eigenvalue weighted by atomic mass is 16.5. The lowest BCUT2D eigenvalue weighted by molar-refractivity contribution is 0.0655. The average molecular weight is 223 g/mol. The molecule has 0 spiro atoms. The maximum atomic E-state index is 5.39. The Balaban J connectivity index is 2.04. The number of rotatable bonds is 4. The van der Waals surface area contributed by atoms with Crippen molar-refractivity contribution in [1.29, 1.82) is 0 Å². The first kappa shape index (κ1) is 11.5. The smallest absolute Gasteiger partial charge is 0.203 e. The molecule has 0 aliphatic carbocycles. The first-order chi connectivity index (χ1) is 7.73. The molecule has 2 rings (SSSR count). The van der Waals surface area contributed by atoms with Crippen molar-refractivity contribution in [3.8, 4) is 0 Å². The molecule has 4 heteroatoms. The third-order valence-electron chi connectivity index (χ3n) is 3.19. The van der Waals surface area contributed by atoms with E-state index in [2.05, 4.69) is 28.7 Å². The van der Waals surface area contributed by atoms with Gasteiger partial charge in [-0.3, -0.25) is 0 Å². The Labute approximate surface area is 97.0 Å². The summed E-state index contributed by atoms with van der Waals surface area (Å²) in [5.41, 5.74) is 0.134. The summed E-state index contributed by atoms with van der Waals surface area (Å²) in [5, 5.41) is 3.56. The van der Waals surface area contributed by atoms with E-state index in [4.69, 9.17) is 4.74 Å². The van der Waals surface area contributed by atoms with Crippen LogP contribution in [0.1, 0.15) is 33.1 Å². The van der Waals surface area contributed by atoms with Crippen LogP contribution in [0.15, 0.2) is 12.4 Å². The maximum absolute atomic E-state index is 5.39. The minimum atomic E-state index is 0.134. The van der Waals surface area contributed by atoms with Crippen LogP contribution < -0.4 is 5.32 Å². The summed E-state index contributed by atoms with van der Waals surface area (Å²) < 4.78 is 7.58. The third kappa shape index (κ3) is 2.55. The normalized spacial score (nSPS) is 19.6. The molecule has 1 N–H and O–H groups in total. The molecule has 90 valence electrons. The zero-order chi connectivity index (χ0) is 11.4. The van der Waals surface area contributed by atoms with Crippen molar-refractivity contribution in [2.75, 3.05) is 18.5 Å². The summed E-state index contributed by atoms with van der Waals surface area (Å²) in [6, 6.07) is 0. The van der Waals surface area contributed by atoms with Crippen molar-refractivity contribution < 1.29 is 4.74 Å². The second-order valence-electron chi connectivity index (χ2n) is 4.74. The fraction of sp³-hybridized carbons (Fsp3) is 0.750. The van der Waals surface area contributed by atoms with Crippen LogP contribution in [0.2, 0.25) is 0 Å². The van der Waals surface area contributed by atoms with Crippen LogP contribution in [0.4, 0.5) is 5.95 Å². The van der Waals surface area contributed by atoms with Gasteiger partial charge in [0.2, 0.25) is 5.95 Å². The van der Waals surface area contributed by atoms with Crippen LogP contribution in [0, 0.1) is 0 Å². The van der Waals surface area contributed by atoms with Crippen LogP contribution in [0.5, 0.6) is 0 Å². The summed E-state index contributed by atoms with van der Waals surface area (Å²) in [6.07, 6.45) is 7.12. The standard InChI is InChI=1S/C12H21N3O/c1-3-7-15-8-6-13-11(15)14-12(2)4-9-16-10-5-12/h6,8H,3-5,7,9-10H2,1-2H3,(H,13,14). The molecule has 0 radical (unpaired) electrons. The second kappa shape index (κ2) is 4.87.